The van der Waals surface area contributed by atoms with Crippen molar-refractivity contribution in [3.63, 3.8) is 0 Å². The molecule has 0 aromatic carbocycles. The van der Waals surface area contributed by atoms with Crippen LogP contribution < -0.4 is 11.2 Å². The van der Waals surface area contributed by atoms with Crippen molar-refractivity contribution in [2.45, 2.75) is 51.4 Å². The molecule has 0 bridgehead atoms. The summed E-state index contributed by atoms with van der Waals surface area (Å²) in [6, 6.07) is 0. The summed E-state index contributed by atoms with van der Waals surface area (Å²) in [5, 5.41) is 4.66. The zero-order valence-corrected chi connectivity index (χ0v) is 11.1. The van der Waals surface area contributed by atoms with Gasteiger partial charge in [0, 0.05) is 11.6 Å². The van der Waals surface area contributed by atoms with Crippen molar-refractivity contribution in [2.75, 3.05) is 0 Å². The van der Waals surface area contributed by atoms with Crippen LogP contribution in [-0.4, -0.2) is 10.8 Å². The monoisotopic (exact) mass is 251 g/mol. The molecule has 0 saturated heterocycles. The Balaban J connectivity index is 2.08. The fraction of sp³-hybridized carbons (Fsp3) is 0.692. The third-order valence-corrected chi connectivity index (χ3v) is 3.75. The smallest absolute Gasteiger partial charge is 0.184 e. The van der Waals surface area contributed by atoms with E-state index in [1.807, 2.05) is 0 Å². The number of thiocarbonyl (C=S) groups is 1. The maximum absolute atomic E-state index is 5.43. The number of hydrazone groups is 1. The second-order valence-corrected chi connectivity index (χ2v) is 5.34. The van der Waals surface area contributed by atoms with Crippen LogP contribution in [0.2, 0.25) is 0 Å². The molecule has 1 saturated carbocycles. The molecule has 1 atom stereocenters. The van der Waals surface area contributed by atoms with Gasteiger partial charge in [0.05, 0.1) is 0 Å². The predicted octanol–water partition coefficient (Wildman–Crippen LogP) is 2.87. The fourth-order valence-corrected chi connectivity index (χ4v) is 2.88. The Hall–Kier alpha value is -0.900. The molecule has 1 fully saturated rings. The van der Waals surface area contributed by atoms with Crippen LogP contribution in [0.1, 0.15) is 51.4 Å². The summed E-state index contributed by atoms with van der Waals surface area (Å²) in [7, 11) is 0. The highest BCUT2D eigenvalue weighted by molar-refractivity contribution is 7.80. The molecule has 3 nitrogen and oxygen atoms in total. The zero-order valence-electron chi connectivity index (χ0n) is 10.2. The average Bonchev–Trinajstić information content (AvgIpc) is 2.38. The predicted molar refractivity (Wildman–Crippen MR) is 75.9 cm³/mol. The number of hydrogen-bond acceptors (Lipinski definition) is 2. The zero-order chi connectivity index (χ0) is 12.1. The molecule has 94 valence electrons. The van der Waals surface area contributed by atoms with Gasteiger partial charge in [-0.2, -0.15) is 5.10 Å². The van der Waals surface area contributed by atoms with Crippen molar-refractivity contribution >= 4 is 23.0 Å². The number of hydrogen-bond donors (Lipinski definition) is 2. The van der Waals surface area contributed by atoms with E-state index in [4.69, 9.17) is 18.0 Å². The minimum Gasteiger partial charge on any atom is -0.375 e. The molecule has 0 aromatic rings. The van der Waals surface area contributed by atoms with Gasteiger partial charge in [-0.15, -0.1) is 0 Å². The SMILES string of the molecule is NC(=S)N/N=C1/CCCC[C@@H]1C1=CCCCC1. The van der Waals surface area contributed by atoms with Crippen molar-refractivity contribution in [2.24, 2.45) is 16.8 Å². The maximum Gasteiger partial charge on any atom is 0.184 e. The first-order valence-corrected chi connectivity index (χ1v) is 6.99. The van der Waals surface area contributed by atoms with E-state index in [1.54, 1.807) is 5.57 Å². The number of rotatable bonds is 2. The summed E-state index contributed by atoms with van der Waals surface area (Å²) >= 11 is 4.80. The molecule has 0 radical (unpaired) electrons. The summed E-state index contributed by atoms with van der Waals surface area (Å²) in [5.74, 6) is 0.547. The Morgan fingerprint density at radius 2 is 2.12 bits per heavy atom. The lowest BCUT2D eigenvalue weighted by atomic mass is 9.78. The van der Waals surface area contributed by atoms with Crippen LogP contribution in [0.15, 0.2) is 16.8 Å². The summed E-state index contributed by atoms with van der Waals surface area (Å²) in [5.41, 5.74) is 11.0. The van der Waals surface area contributed by atoms with Gasteiger partial charge in [0.15, 0.2) is 5.11 Å². The second kappa shape index (κ2) is 6.15. The second-order valence-electron chi connectivity index (χ2n) is 4.90. The van der Waals surface area contributed by atoms with Gasteiger partial charge in [0.25, 0.3) is 0 Å². The lowest BCUT2D eigenvalue weighted by Gasteiger charge is -2.28. The third-order valence-electron chi connectivity index (χ3n) is 3.66. The Morgan fingerprint density at radius 3 is 2.82 bits per heavy atom. The van der Waals surface area contributed by atoms with E-state index in [-0.39, 0.29) is 5.11 Å². The average molecular weight is 251 g/mol. The van der Waals surface area contributed by atoms with Crippen LogP contribution in [-0.2, 0) is 0 Å². The Morgan fingerprint density at radius 1 is 1.29 bits per heavy atom. The lowest BCUT2D eigenvalue weighted by molar-refractivity contribution is 0.538. The van der Waals surface area contributed by atoms with Gasteiger partial charge >= 0.3 is 0 Å². The number of nitrogens with one attached hydrogen (secondary N) is 1. The fourth-order valence-electron chi connectivity index (χ4n) is 2.84. The van der Waals surface area contributed by atoms with Crippen LogP contribution in [0.5, 0.6) is 0 Å². The normalized spacial score (nSPS) is 27.6. The molecule has 0 aliphatic heterocycles. The van der Waals surface area contributed by atoms with Gasteiger partial charge in [-0.05, 0) is 57.2 Å². The van der Waals surface area contributed by atoms with Gasteiger partial charge in [-0.3, -0.25) is 5.43 Å². The van der Waals surface area contributed by atoms with Crippen LogP contribution in [0, 0.1) is 5.92 Å². The third kappa shape index (κ3) is 3.53. The van der Waals surface area contributed by atoms with Gasteiger partial charge in [-0.1, -0.05) is 18.1 Å². The van der Waals surface area contributed by atoms with E-state index in [9.17, 15) is 0 Å². The molecule has 3 N–H and O–H groups in total. The molecular formula is C13H21N3S. The van der Waals surface area contributed by atoms with Gasteiger partial charge in [-0.25, -0.2) is 0 Å². The highest BCUT2D eigenvalue weighted by Crippen LogP contribution is 2.33. The van der Waals surface area contributed by atoms with E-state index in [0.29, 0.717) is 5.92 Å². The van der Waals surface area contributed by atoms with Crippen LogP contribution >= 0.6 is 12.2 Å². The van der Waals surface area contributed by atoms with Crippen LogP contribution in [0.3, 0.4) is 0 Å². The van der Waals surface area contributed by atoms with Gasteiger partial charge in [0.2, 0.25) is 0 Å². The summed E-state index contributed by atoms with van der Waals surface area (Å²) in [6.07, 6.45) is 12.5. The first kappa shape index (κ1) is 12.6. The molecule has 17 heavy (non-hydrogen) atoms. The topological polar surface area (TPSA) is 50.4 Å². The van der Waals surface area contributed by atoms with E-state index < -0.39 is 0 Å². The molecular weight excluding hydrogens is 230 g/mol. The first-order chi connectivity index (χ1) is 8.27. The van der Waals surface area contributed by atoms with E-state index in [1.165, 1.54) is 50.7 Å². The lowest BCUT2D eigenvalue weighted by Crippen LogP contribution is -2.29. The quantitative estimate of drug-likeness (QED) is 0.451. The maximum atomic E-state index is 5.43. The van der Waals surface area contributed by atoms with E-state index in [0.717, 1.165) is 6.42 Å². The van der Waals surface area contributed by atoms with Crippen molar-refractivity contribution in [3.8, 4) is 0 Å². The van der Waals surface area contributed by atoms with Crippen LogP contribution in [0.4, 0.5) is 0 Å². The molecule has 2 aliphatic rings. The number of allylic oxidation sites excluding steroid dienone is 2. The molecule has 0 aromatic heterocycles. The van der Waals surface area contributed by atoms with E-state index >= 15 is 0 Å². The summed E-state index contributed by atoms with van der Waals surface area (Å²) < 4.78 is 0. The van der Waals surface area contributed by atoms with Gasteiger partial charge < -0.3 is 5.73 Å². The van der Waals surface area contributed by atoms with E-state index in [2.05, 4.69) is 16.6 Å². The van der Waals surface area contributed by atoms with Crippen molar-refractivity contribution < 1.29 is 0 Å². The molecule has 2 aliphatic carbocycles. The number of nitrogens with zero attached hydrogens (tertiary/aromatic N) is 1. The molecule has 0 unspecified atom stereocenters. The van der Waals surface area contributed by atoms with Crippen molar-refractivity contribution in [1.29, 1.82) is 0 Å². The largest absolute Gasteiger partial charge is 0.375 e. The molecule has 0 heterocycles. The van der Waals surface area contributed by atoms with Gasteiger partial charge in [0.1, 0.15) is 0 Å². The van der Waals surface area contributed by atoms with Crippen molar-refractivity contribution in [3.05, 3.63) is 11.6 Å². The minimum atomic E-state index is 0.263. The van der Waals surface area contributed by atoms with Crippen LogP contribution in [0.25, 0.3) is 0 Å². The summed E-state index contributed by atoms with van der Waals surface area (Å²) in [6.45, 7) is 0. The molecule has 0 spiro atoms. The van der Waals surface area contributed by atoms with Crippen molar-refractivity contribution in [1.82, 2.24) is 5.43 Å². The molecule has 0 amide bonds. The Bertz CT molecular complexity index is 347. The standard InChI is InChI=1S/C13H21N3S/c14-13(17)16-15-12-9-5-4-8-11(12)10-6-2-1-3-7-10/h6,11H,1-5,7-9H2,(H3,14,16,17)/b15-12-/t11-/m1/s1. The number of nitrogens with two attached hydrogens (primary N) is 1. The highest BCUT2D eigenvalue weighted by Gasteiger charge is 2.24. The molecule has 4 heteroatoms. The molecule has 2 rings (SSSR count). The first-order valence-electron chi connectivity index (χ1n) is 6.58. The highest BCUT2D eigenvalue weighted by atomic mass is 32.1. The minimum absolute atomic E-state index is 0.263. The summed E-state index contributed by atoms with van der Waals surface area (Å²) in [4.78, 5) is 0. The Labute approximate surface area is 109 Å². The Kier molecular flexibility index (Phi) is 4.54.